The van der Waals surface area contributed by atoms with E-state index in [0.29, 0.717) is 38.3 Å². The molecule has 46 heavy (non-hydrogen) atoms. The Balaban J connectivity index is 1.22. The normalized spacial score (nSPS) is 12.2. The van der Waals surface area contributed by atoms with Crippen molar-refractivity contribution in [2.24, 2.45) is 0 Å². The Morgan fingerprint density at radius 1 is 0.935 bits per heavy atom. The lowest BCUT2D eigenvalue weighted by Crippen LogP contribution is -2.31. The maximum absolute atomic E-state index is 13.5. The minimum atomic E-state index is -3.45. The van der Waals surface area contributed by atoms with Crippen molar-refractivity contribution < 1.29 is 22.0 Å². The number of halogens is 3. The fourth-order valence-corrected chi connectivity index (χ4v) is 6.46. The van der Waals surface area contributed by atoms with Crippen LogP contribution in [-0.2, 0) is 16.4 Å². The summed E-state index contributed by atoms with van der Waals surface area (Å²) in [4.78, 5) is 17.7. The molecule has 0 aliphatic carbocycles. The number of imidazole rings is 1. The van der Waals surface area contributed by atoms with Crippen LogP contribution >= 0.6 is 27.5 Å². The summed E-state index contributed by atoms with van der Waals surface area (Å²) in [6.45, 7) is 0.376. The standard InChI is InChI=1S/C33H24BrClFN5O4S/c1-46(43,44)27-15-24(14-25(34)17-27)33-40-39-32(45-33)22-4-2-21(3-5-22)31(42)38-30(18-41-13-12-37-19-41)28-11-8-23(16-29(28)35)20-6-9-26(36)10-7-20/h2-17,19,30H,18H2,1H3,(H,38,42)/t30-/m0/s1. The van der Waals surface area contributed by atoms with Gasteiger partial charge in [-0.15, -0.1) is 10.2 Å². The zero-order valence-electron chi connectivity index (χ0n) is 24.1. The molecule has 1 N–H and O–H groups in total. The molecule has 0 spiro atoms. The topological polar surface area (TPSA) is 120 Å². The van der Waals surface area contributed by atoms with Crippen LogP contribution in [0.2, 0.25) is 5.02 Å². The molecule has 1 atom stereocenters. The van der Waals surface area contributed by atoms with Gasteiger partial charge in [-0.1, -0.05) is 51.8 Å². The number of carbonyl (C=O) groups excluding carboxylic acids is 1. The van der Waals surface area contributed by atoms with E-state index in [1.165, 1.54) is 24.3 Å². The Labute approximate surface area is 277 Å². The van der Waals surface area contributed by atoms with E-state index in [0.717, 1.165) is 17.4 Å². The highest BCUT2D eigenvalue weighted by Crippen LogP contribution is 2.32. The maximum Gasteiger partial charge on any atom is 0.251 e. The van der Waals surface area contributed by atoms with Crippen LogP contribution in [0.1, 0.15) is 22.0 Å². The lowest BCUT2D eigenvalue weighted by Gasteiger charge is -2.21. The molecule has 232 valence electrons. The average Bonchev–Trinajstić information content (AvgIpc) is 3.74. The molecule has 4 aromatic carbocycles. The van der Waals surface area contributed by atoms with E-state index in [1.807, 2.05) is 16.7 Å². The summed E-state index contributed by atoms with van der Waals surface area (Å²) in [6, 6.07) is 22.5. The molecule has 1 amide bonds. The lowest BCUT2D eigenvalue weighted by atomic mass is 10.00. The van der Waals surface area contributed by atoms with E-state index in [-0.39, 0.29) is 28.4 Å². The molecule has 0 unspecified atom stereocenters. The SMILES string of the molecule is CS(=O)(=O)c1cc(Br)cc(-c2nnc(-c3ccc(C(=O)N[C@@H](Cn4ccnc4)c4ccc(-c5ccc(F)cc5)cc4Cl)cc3)o2)c1. The first kappa shape index (κ1) is 31.3. The largest absolute Gasteiger partial charge is 0.416 e. The fourth-order valence-electron chi connectivity index (χ4n) is 4.82. The molecule has 0 radical (unpaired) electrons. The minimum absolute atomic E-state index is 0.114. The molecular formula is C33H24BrClFN5O4S. The minimum Gasteiger partial charge on any atom is -0.416 e. The average molecular weight is 721 g/mol. The van der Waals surface area contributed by atoms with Crippen molar-refractivity contribution in [1.82, 2.24) is 25.1 Å². The molecule has 0 fully saturated rings. The number of sulfone groups is 1. The lowest BCUT2D eigenvalue weighted by molar-refractivity contribution is 0.0932. The molecule has 0 bridgehead atoms. The van der Waals surface area contributed by atoms with Crippen LogP contribution in [0.4, 0.5) is 4.39 Å². The second kappa shape index (κ2) is 13.0. The molecule has 6 rings (SSSR count). The van der Waals surface area contributed by atoms with Gasteiger partial charge in [0.25, 0.3) is 5.91 Å². The Kier molecular flexibility index (Phi) is 8.85. The van der Waals surface area contributed by atoms with E-state index in [1.54, 1.807) is 67.3 Å². The van der Waals surface area contributed by atoms with Gasteiger partial charge in [-0.05, 0) is 77.4 Å². The van der Waals surface area contributed by atoms with Crippen molar-refractivity contribution in [3.63, 3.8) is 0 Å². The molecular weight excluding hydrogens is 697 g/mol. The molecule has 0 aliphatic rings. The van der Waals surface area contributed by atoms with Crippen LogP contribution < -0.4 is 5.32 Å². The van der Waals surface area contributed by atoms with Gasteiger partial charge in [0.2, 0.25) is 11.8 Å². The predicted molar refractivity (Wildman–Crippen MR) is 175 cm³/mol. The van der Waals surface area contributed by atoms with Crippen molar-refractivity contribution in [3.05, 3.63) is 130 Å². The quantitative estimate of drug-likeness (QED) is 0.165. The first-order valence-electron chi connectivity index (χ1n) is 13.8. The van der Waals surface area contributed by atoms with Crippen molar-refractivity contribution in [2.75, 3.05) is 6.26 Å². The molecule has 6 aromatic rings. The smallest absolute Gasteiger partial charge is 0.251 e. The number of rotatable bonds is 9. The highest BCUT2D eigenvalue weighted by Gasteiger charge is 2.21. The number of hydrogen-bond acceptors (Lipinski definition) is 7. The molecule has 2 heterocycles. The Morgan fingerprint density at radius 3 is 2.26 bits per heavy atom. The fraction of sp³-hybridized carbons (Fsp3) is 0.0909. The third-order valence-electron chi connectivity index (χ3n) is 7.18. The monoisotopic (exact) mass is 719 g/mol. The Hall–Kier alpha value is -4.65. The van der Waals surface area contributed by atoms with Crippen molar-refractivity contribution in [1.29, 1.82) is 0 Å². The highest BCUT2D eigenvalue weighted by molar-refractivity contribution is 9.10. The third-order valence-corrected chi connectivity index (χ3v) is 9.05. The summed E-state index contributed by atoms with van der Waals surface area (Å²) in [7, 11) is -3.45. The van der Waals surface area contributed by atoms with Gasteiger partial charge in [-0.3, -0.25) is 4.79 Å². The first-order chi connectivity index (χ1) is 22.0. The van der Waals surface area contributed by atoms with Crippen LogP contribution in [-0.4, -0.2) is 40.3 Å². The van der Waals surface area contributed by atoms with Crippen molar-refractivity contribution in [3.8, 4) is 34.0 Å². The van der Waals surface area contributed by atoms with Gasteiger partial charge in [-0.2, -0.15) is 0 Å². The number of benzene rings is 4. The van der Waals surface area contributed by atoms with Gasteiger partial charge in [0.1, 0.15) is 5.82 Å². The molecule has 13 heteroatoms. The van der Waals surface area contributed by atoms with E-state index < -0.39 is 15.9 Å². The zero-order chi connectivity index (χ0) is 32.4. The van der Waals surface area contributed by atoms with Crippen molar-refractivity contribution >= 4 is 43.3 Å². The summed E-state index contributed by atoms with van der Waals surface area (Å²) in [6.07, 6.45) is 6.23. The second-order valence-electron chi connectivity index (χ2n) is 10.5. The summed E-state index contributed by atoms with van der Waals surface area (Å²) >= 11 is 10.1. The van der Waals surface area contributed by atoms with Crippen LogP contribution in [0.25, 0.3) is 34.0 Å². The summed E-state index contributed by atoms with van der Waals surface area (Å²) in [5.41, 5.74) is 3.74. The van der Waals surface area contributed by atoms with E-state index in [2.05, 4.69) is 36.4 Å². The van der Waals surface area contributed by atoms with Crippen LogP contribution in [0.5, 0.6) is 0 Å². The van der Waals surface area contributed by atoms with Gasteiger partial charge < -0.3 is 14.3 Å². The molecule has 0 saturated carbocycles. The number of aromatic nitrogens is 4. The number of amides is 1. The maximum atomic E-state index is 13.5. The van der Waals surface area contributed by atoms with Gasteiger partial charge in [0, 0.05) is 51.4 Å². The van der Waals surface area contributed by atoms with Gasteiger partial charge >= 0.3 is 0 Å². The van der Waals surface area contributed by atoms with Gasteiger partial charge in [0.05, 0.1) is 17.3 Å². The van der Waals surface area contributed by atoms with Gasteiger partial charge in [-0.25, -0.2) is 17.8 Å². The van der Waals surface area contributed by atoms with Crippen LogP contribution in [0.15, 0.2) is 117 Å². The third kappa shape index (κ3) is 7.09. The number of nitrogens with zero attached hydrogens (tertiary/aromatic N) is 4. The zero-order valence-corrected chi connectivity index (χ0v) is 27.2. The van der Waals surface area contributed by atoms with Gasteiger partial charge in [0.15, 0.2) is 9.84 Å². The second-order valence-corrected chi connectivity index (χ2v) is 13.8. The number of nitrogens with one attached hydrogen (secondary N) is 1. The predicted octanol–water partition coefficient (Wildman–Crippen LogP) is 7.40. The summed E-state index contributed by atoms with van der Waals surface area (Å²) in [5, 5.41) is 11.7. The van der Waals surface area contributed by atoms with Crippen LogP contribution in [0, 0.1) is 5.82 Å². The number of hydrogen-bond donors (Lipinski definition) is 1. The summed E-state index contributed by atoms with van der Waals surface area (Å²) in [5.74, 6) is -0.305. The first-order valence-corrected chi connectivity index (χ1v) is 16.9. The molecule has 0 saturated heterocycles. The molecule has 2 aromatic heterocycles. The summed E-state index contributed by atoms with van der Waals surface area (Å²) < 4.78 is 45.8. The van der Waals surface area contributed by atoms with E-state index >= 15 is 0 Å². The molecule has 9 nitrogen and oxygen atoms in total. The van der Waals surface area contributed by atoms with E-state index in [4.69, 9.17) is 16.0 Å². The van der Waals surface area contributed by atoms with Crippen LogP contribution in [0.3, 0.4) is 0 Å². The Morgan fingerprint density at radius 2 is 1.61 bits per heavy atom. The number of carbonyl (C=O) groups is 1. The highest BCUT2D eigenvalue weighted by atomic mass is 79.9. The van der Waals surface area contributed by atoms with Crippen molar-refractivity contribution in [2.45, 2.75) is 17.5 Å². The molecule has 0 aliphatic heterocycles. The van der Waals surface area contributed by atoms with E-state index in [9.17, 15) is 17.6 Å². The Bertz CT molecular complexity index is 2140.